The zero-order valence-electron chi connectivity index (χ0n) is 57.2. The van der Waals surface area contributed by atoms with Crippen LogP contribution >= 0.6 is 11.6 Å². The van der Waals surface area contributed by atoms with Crippen molar-refractivity contribution in [2.75, 3.05) is 88.2 Å². The van der Waals surface area contributed by atoms with E-state index in [0.717, 1.165) is 78.2 Å². The number of hydrogen-bond acceptors (Lipinski definition) is 13. The molecule has 1 unspecified atom stereocenters. The Kier molecular flexibility index (Phi) is 28.2. The van der Waals surface area contributed by atoms with Gasteiger partial charge in [0.2, 0.25) is 65.0 Å². The van der Waals surface area contributed by atoms with E-state index in [9.17, 15) is 51.8 Å². The Morgan fingerprint density at radius 3 is 1.92 bits per heavy atom. The second-order valence-electron chi connectivity index (χ2n) is 27.9. The van der Waals surface area contributed by atoms with Gasteiger partial charge in [-0.3, -0.25) is 52.7 Å². The van der Waals surface area contributed by atoms with Crippen molar-refractivity contribution in [3.05, 3.63) is 34.3 Å². The number of carbonyl (C=O) groups is 11. The average Bonchev–Trinajstić information content (AvgIpc) is 1.76. The summed E-state index contributed by atoms with van der Waals surface area (Å²) in [5.74, 6) is -7.98. The van der Waals surface area contributed by atoms with Crippen LogP contribution in [0, 0.1) is 17.8 Å². The van der Waals surface area contributed by atoms with Crippen LogP contribution in [0.5, 0.6) is 0 Å². The number of aliphatic hydroxyl groups is 1. The molecule has 7 atom stereocenters. The van der Waals surface area contributed by atoms with Crippen molar-refractivity contribution in [2.24, 2.45) is 17.8 Å². The first-order valence-electron chi connectivity index (χ1n) is 33.9. The van der Waals surface area contributed by atoms with E-state index in [4.69, 9.17) is 16.3 Å². The molecule has 6 rings (SSSR count). The molecule has 28 heteroatoms. The van der Waals surface area contributed by atoms with Crippen molar-refractivity contribution in [2.45, 2.75) is 216 Å². The first-order chi connectivity index (χ1) is 44.7. The summed E-state index contributed by atoms with van der Waals surface area (Å²) in [6.07, 6.45) is 5.04. The monoisotopic (exact) mass is 1360 g/mol. The topological polar surface area (TPSA) is 288 Å². The predicted molar refractivity (Wildman–Crippen MR) is 347 cm³/mol. The number of alkyl halides is 3. The van der Waals surface area contributed by atoms with Gasteiger partial charge >= 0.3 is 6.18 Å². The van der Waals surface area contributed by atoms with Crippen LogP contribution in [0.2, 0.25) is 5.02 Å². The molecular formula is C67H103ClF3N11O13. The van der Waals surface area contributed by atoms with E-state index in [1.807, 2.05) is 6.92 Å². The fraction of sp³-hybridized carbons (Fsp3) is 0.746. The number of likely N-dealkylation sites (N-methyl/N-ethyl adjacent to an activating group) is 6. The number of aryl methyl sites for hydroxylation is 1. The Labute approximate surface area is 562 Å². The first-order valence-corrected chi connectivity index (χ1v) is 34.2. The van der Waals surface area contributed by atoms with E-state index in [-0.39, 0.29) is 76.5 Å². The van der Waals surface area contributed by atoms with Gasteiger partial charge in [-0.1, -0.05) is 102 Å². The Balaban J connectivity index is 1.38. The third-order valence-corrected chi connectivity index (χ3v) is 20.2. The minimum absolute atomic E-state index is 0.0274. The molecule has 95 heavy (non-hydrogen) atoms. The van der Waals surface area contributed by atoms with Gasteiger partial charge in [-0.15, -0.1) is 0 Å². The molecule has 5 fully saturated rings. The standard InChI is InChI=1S/C67H103ClF3N11O13/c1-11-42(2)56-62(91)78(7)38-54(85)76(5)39-55(86)79(8)50(36-43-21-14-12-15-22-43)61(90)77(6)37-53(84)73-48(29-27-44-26-28-46(47(68)35-44)67(69,70)71)60(89)82-34-20-25-49(82)59(88)75-66(31-18-19-32-66)64(93)81(10)57(45-23-16-13-17-24-45)63(92)80(9)51(40-95-41-65(3,4)94)58(87)72-33-30-52(83)74-56/h26,28,35,42-43,45,48-51,56-57,94H,11-25,27,29-34,36-41H2,1-10H3,(H,72,87)(H,73,84)(H,74,83)(H,75,88)/t42-,48-,49?,50-,51-,56-,57-/m0/s1. The van der Waals surface area contributed by atoms with Gasteiger partial charge < -0.3 is 65.4 Å². The van der Waals surface area contributed by atoms with Crippen LogP contribution in [0.4, 0.5) is 13.2 Å². The van der Waals surface area contributed by atoms with Crippen LogP contribution in [0.15, 0.2) is 18.2 Å². The highest BCUT2D eigenvalue weighted by Gasteiger charge is 2.51. The number of rotatable bonds is 12. The quantitative estimate of drug-likeness (QED) is 0.194. The SMILES string of the molecule is CC[C@H](C)[C@@H]1NC(=O)CCNC(=O)[C@H](COCC(C)(C)O)N(C)C(=O)[C@H](C2CCCCC2)N(C)C(=O)C2(CCCC2)NC(=O)C2CCCN2C(=O)[C@H](CCc2ccc(C(F)(F)F)c(Cl)c2)NC(=O)CN(C)C(=O)[C@H](CC2CCCCC2)N(C)C(=O)CN(C)C(=O)CN(C)C1=O. The summed E-state index contributed by atoms with van der Waals surface area (Å²) in [6, 6.07) is -4.20. The van der Waals surface area contributed by atoms with Crippen molar-refractivity contribution < 1.29 is 75.8 Å². The third kappa shape index (κ3) is 21.0. The van der Waals surface area contributed by atoms with E-state index in [1.165, 1.54) is 81.8 Å². The molecule has 3 saturated carbocycles. The second kappa shape index (κ2) is 34.6. The van der Waals surface area contributed by atoms with Gasteiger partial charge in [0.05, 0.1) is 49.0 Å². The van der Waals surface area contributed by atoms with Gasteiger partial charge in [0.25, 0.3) is 0 Å². The summed E-state index contributed by atoms with van der Waals surface area (Å²) in [7, 11) is 8.47. The molecule has 0 aromatic heterocycles. The molecule has 0 bridgehead atoms. The molecule has 5 aliphatic rings. The fourth-order valence-corrected chi connectivity index (χ4v) is 14.3. The number of nitrogens with zero attached hydrogens (tertiary/aromatic N) is 7. The van der Waals surface area contributed by atoms with Gasteiger partial charge in [0.15, 0.2) is 0 Å². The molecule has 5 N–H and O–H groups in total. The molecule has 2 saturated heterocycles. The second-order valence-corrected chi connectivity index (χ2v) is 28.3. The molecule has 1 aromatic carbocycles. The zero-order valence-corrected chi connectivity index (χ0v) is 58.0. The number of amides is 11. The van der Waals surface area contributed by atoms with Crippen molar-refractivity contribution in [3.63, 3.8) is 0 Å². The molecule has 1 aromatic rings. The van der Waals surface area contributed by atoms with Crippen molar-refractivity contribution in [1.29, 1.82) is 0 Å². The van der Waals surface area contributed by atoms with E-state index in [1.54, 1.807) is 6.92 Å². The highest BCUT2D eigenvalue weighted by Crippen LogP contribution is 2.38. The lowest BCUT2D eigenvalue weighted by Gasteiger charge is -2.43. The van der Waals surface area contributed by atoms with E-state index < -0.39 is 161 Å². The minimum Gasteiger partial charge on any atom is -0.388 e. The van der Waals surface area contributed by atoms with Crippen molar-refractivity contribution in [1.82, 2.24) is 55.6 Å². The molecule has 11 amide bonds. The Morgan fingerprint density at radius 1 is 0.684 bits per heavy atom. The Morgan fingerprint density at radius 2 is 1.31 bits per heavy atom. The molecule has 24 nitrogen and oxygen atoms in total. The zero-order chi connectivity index (χ0) is 70.3. The molecule has 2 heterocycles. The van der Waals surface area contributed by atoms with Crippen LogP contribution < -0.4 is 21.3 Å². The lowest BCUT2D eigenvalue weighted by atomic mass is 9.81. The van der Waals surface area contributed by atoms with Gasteiger partial charge in [-0.25, -0.2) is 0 Å². The summed E-state index contributed by atoms with van der Waals surface area (Å²) in [6.45, 7) is 4.09. The summed E-state index contributed by atoms with van der Waals surface area (Å²) < 4.78 is 47.4. The predicted octanol–water partition coefficient (Wildman–Crippen LogP) is 4.44. The number of benzene rings is 1. The van der Waals surface area contributed by atoms with Crippen LogP contribution in [-0.2, 0) is 70.1 Å². The molecular weight excluding hydrogens is 1260 g/mol. The van der Waals surface area contributed by atoms with Crippen LogP contribution in [0.3, 0.4) is 0 Å². The largest absolute Gasteiger partial charge is 0.417 e. The van der Waals surface area contributed by atoms with E-state index in [0.29, 0.717) is 44.1 Å². The normalized spacial score (nSPS) is 26.0. The van der Waals surface area contributed by atoms with Crippen LogP contribution in [0.25, 0.3) is 0 Å². The number of fused-ring (bicyclic) bond motifs is 1. The van der Waals surface area contributed by atoms with Gasteiger partial charge in [-0.05, 0) is 107 Å². The Bertz CT molecular complexity index is 2900. The summed E-state index contributed by atoms with van der Waals surface area (Å²) >= 11 is 6.14. The highest BCUT2D eigenvalue weighted by molar-refractivity contribution is 6.31. The number of carbonyl (C=O) groups excluding carboxylic acids is 11. The molecule has 532 valence electrons. The minimum atomic E-state index is -4.76. The van der Waals surface area contributed by atoms with Crippen molar-refractivity contribution >= 4 is 76.6 Å². The lowest BCUT2D eigenvalue weighted by Crippen LogP contribution is -2.65. The molecule has 0 radical (unpaired) electrons. The highest BCUT2D eigenvalue weighted by atomic mass is 35.5. The van der Waals surface area contributed by atoms with Gasteiger partial charge in [-0.2, -0.15) is 13.2 Å². The number of halogens is 4. The van der Waals surface area contributed by atoms with Gasteiger partial charge in [0.1, 0.15) is 41.8 Å². The number of ether oxygens (including phenoxy) is 1. The molecule has 1 spiro atoms. The van der Waals surface area contributed by atoms with E-state index >= 15 is 19.2 Å². The first kappa shape index (κ1) is 77.4. The van der Waals surface area contributed by atoms with Crippen LogP contribution in [0.1, 0.15) is 167 Å². The van der Waals surface area contributed by atoms with Crippen LogP contribution in [-0.4, -0.2) is 240 Å². The molecule has 2 aliphatic heterocycles. The average molecular weight is 1360 g/mol. The maximum atomic E-state index is 15.5. The maximum absolute atomic E-state index is 15.5. The summed E-state index contributed by atoms with van der Waals surface area (Å²) in [5.41, 5.74) is -3.67. The van der Waals surface area contributed by atoms with Gasteiger partial charge in [0, 0.05) is 61.8 Å². The van der Waals surface area contributed by atoms with Crippen molar-refractivity contribution in [3.8, 4) is 0 Å². The lowest BCUT2D eigenvalue weighted by molar-refractivity contribution is -0.155. The fourth-order valence-electron chi connectivity index (χ4n) is 14.0. The Hall–Kier alpha value is -6.61. The summed E-state index contributed by atoms with van der Waals surface area (Å²) in [4.78, 5) is 169. The van der Waals surface area contributed by atoms with E-state index in [2.05, 4.69) is 21.3 Å². The summed E-state index contributed by atoms with van der Waals surface area (Å²) in [5, 5.41) is 21.3. The third-order valence-electron chi connectivity index (χ3n) is 19.9. The smallest absolute Gasteiger partial charge is 0.388 e. The number of hydrogen-bond donors (Lipinski definition) is 5. The maximum Gasteiger partial charge on any atom is 0.417 e. The molecule has 3 aliphatic carbocycles. The number of nitrogens with one attached hydrogen (secondary N) is 4.